The Morgan fingerprint density at radius 1 is 1.33 bits per heavy atom. The van der Waals surface area contributed by atoms with Gasteiger partial charge in [-0.1, -0.05) is 6.07 Å². The average molecular weight is 274 g/mol. The summed E-state index contributed by atoms with van der Waals surface area (Å²) >= 11 is 6.91. The minimum atomic E-state index is 0.573. The highest BCUT2D eigenvalue weighted by atomic mass is 32.1. The highest BCUT2D eigenvalue weighted by Crippen LogP contribution is 2.25. The number of thiophene rings is 1. The molecule has 3 rings (SSSR count). The molecule has 0 aliphatic carbocycles. The molecule has 0 saturated heterocycles. The van der Waals surface area contributed by atoms with Gasteiger partial charge in [0.2, 0.25) is 0 Å². The summed E-state index contributed by atoms with van der Waals surface area (Å²) in [5.41, 5.74) is 1.90. The Kier molecular flexibility index (Phi) is 2.81. The van der Waals surface area contributed by atoms with Crippen molar-refractivity contribution in [1.29, 1.82) is 0 Å². The smallest absolute Gasteiger partial charge is 0.200 e. The van der Waals surface area contributed by atoms with E-state index in [0.29, 0.717) is 4.77 Å². The molecule has 0 unspecified atom stereocenters. The summed E-state index contributed by atoms with van der Waals surface area (Å²) in [6, 6.07) is 7.97. The van der Waals surface area contributed by atoms with Gasteiger partial charge in [0.25, 0.3) is 0 Å². The van der Waals surface area contributed by atoms with Gasteiger partial charge >= 0.3 is 0 Å². The van der Waals surface area contributed by atoms with E-state index < -0.39 is 0 Å². The second-order valence-corrected chi connectivity index (χ2v) is 5.16. The van der Waals surface area contributed by atoms with Crippen LogP contribution in [0.1, 0.15) is 5.69 Å². The van der Waals surface area contributed by atoms with Gasteiger partial charge in [0.15, 0.2) is 10.6 Å². The molecule has 3 aromatic heterocycles. The van der Waals surface area contributed by atoms with E-state index in [4.69, 9.17) is 12.2 Å². The zero-order valence-corrected chi connectivity index (χ0v) is 11.3. The number of aromatic amines is 1. The molecule has 0 saturated carbocycles. The van der Waals surface area contributed by atoms with Gasteiger partial charge in [-0.3, -0.25) is 14.6 Å². The van der Waals surface area contributed by atoms with Crippen molar-refractivity contribution < 1.29 is 0 Å². The van der Waals surface area contributed by atoms with Crippen LogP contribution in [-0.4, -0.2) is 19.7 Å². The molecular formula is C12H10N4S2. The maximum absolute atomic E-state index is 5.28. The van der Waals surface area contributed by atoms with Crippen LogP contribution in [0.5, 0.6) is 0 Å². The molecule has 0 fully saturated rings. The van der Waals surface area contributed by atoms with E-state index in [-0.39, 0.29) is 0 Å². The number of H-pyrrole nitrogens is 1. The predicted molar refractivity (Wildman–Crippen MR) is 74.6 cm³/mol. The highest BCUT2D eigenvalue weighted by molar-refractivity contribution is 7.71. The third-order valence-corrected chi connectivity index (χ3v) is 3.71. The lowest BCUT2D eigenvalue weighted by Crippen LogP contribution is -1.97. The van der Waals surface area contributed by atoms with E-state index in [1.54, 1.807) is 17.5 Å². The Morgan fingerprint density at radius 3 is 2.89 bits per heavy atom. The van der Waals surface area contributed by atoms with Gasteiger partial charge in [0.05, 0.1) is 16.8 Å². The first-order chi connectivity index (χ1) is 8.75. The van der Waals surface area contributed by atoms with E-state index in [9.17, 15) is 0 Å². The maximum atomic E-state index is 5.28. The van der Waals surface area contributed by atoms with E-state index in [0.717, 1.165) is 22.1 Å². The van der Waals surface area contributed by atoms with Gasteiger partial charge in [-0.2, -0.15) is 5.10 Å². The van der Waals surface area contributed by atoms with Crippen LogP contribution in [0.25, 0.3) is 16.4 Å². The van der Waals surface area contributed by atoms with Crippen molar-refractivity contribution in [1.82, 2.24) is 19.7 Å². The van der Waals surface area contributed by atoms with Gasteiger partial charge in [0.1, 0.15) is 0 Å². The number of nitrogens with zero attached hydrogens (tertiary/aromatic N) is 3. The quantitative estimate of drug-likeness (QED) is 0.729. The third-order valence-electron chi connectivity index (χ3n) is 2.57. The molecular weight excluding hydrogens is 264 g/mol. The molecule has 18 heavy (non-hydrogen) atoms. The first kappa shape index (κ1) is 11.3. The molecule has 0 bridgehead atoms. The first-order valence-electron chi connectivity index (χ1n) is 5.40. The van der Waals surface area contributed by atoms with Crippen LogP contribution in [0.15, 0.2) is 35.8 Å². The summed E-state index contributed by atoms with van der Waals surface area (Å²) in [6.07, 6.45) is 1.80. The molecule has 0 atom stereocenters. The largest absolute Gasteiger partial charge is 0.266 e. The fourth-order valence-corrected chi connectivity index (χ4v) is 2.64. The van der Waals surface area contributed by atoms with E-state index >= 15 is 0 Å². The monoisotopic (exact) mass is 274 g/mol. The molecule has 0 spiro atoms. The van der Waals surface area contributed by atoms with Gasteiger partial charge in [-0.25, -0.2) is 0 Å². The SMILES string of the molecule is Cc1ccc(-n2c(-c3cccs3)n[nH]c2=S)cn1. The normalized spacial score (nSPS) is 10.7. The minimum absolute atomic E-state index is 0.573. The highest BCUT2D eigenvalue weighted by Gasteiger charge is 2.11. The zero-order chi connectivity index (χ0) is 12.5. The predicted octanol–water partition coefficient (Wildman–Crippen LogP) is 3.36. The minimum Gasteiger partial charge on any atom is -0.266 e. The molecule has 3 aromatic rings. The number of nitrogens with one attached hydrogen (secondary N) is 1. The van der Waals surface area contributed by atoms with Crippen LogP contribution in [0.4, 0.5) is 0 Å². The summed E-state index contributed by atoms with van der Waals surface area (Å²) in [7, 11) is 0. The molecule has 1 N–H and O–H groups in total. The van der Waals surface area contributed by atoms with E-state index in [1.807, 2.05) is 41.1 Å². The van der Waals surface area contributed by atoms with Crippen molar-refractivity contribution in [3.8, 4) is 16.4 Å². The summed E-state index contributed by atoms with van der Waals surface area (Å²) in [6.45, 7) is 1.96. The molecule has 3 heterocycles. The van der Waals surface area contributed by atoms with Crippen LogP contribution in [-0.2, 0) is 0 Å². The molecule has 4 nitrogen and oxygen atoms in total. The molecule has 0 radical (unpaired) electrons. The van der Waals surface area contributed by atoms with Crippen LogP contribution < -0.4 is 0 Å². The van der Waals surface area contributed by atoms with Crippen molar-refractivity contribution in [3.63, 3.8) is 0 Å². The molecule has 0 amide bonds. The van der Waals surface area contributed by atoms with Crippen LogP contribution in [0.3, 0.4) is 0 Å². The number of aromatic nitrogens is 4. The van der Waals surface area contributed by atoms with Crippen LogP contribution >= 0.6 is 23.6 Å². The van der Waals surface area contributed by atoms with E-state index in [1.165, 1.54) is 0 Å². The Hall–Kier alpha value is -1.79. The van der Waals surface area contributed by atoms with Crippen molar-refractivity contribution >= 4 is 23.6 Å². The molecule has 6 heteroatoms. The maximum Gasteiger partial charge on any atom is 0.200 e. The number of pyridine rings is 1. The fraction of sp³-hybridized carbons (Fsp3) is 0.0833. The van der Waals surface area contributed by atoms with Crippen molar-refractivity contribution in [3.05, 3.63) is 46.3 Å². The number of hydrogen-bond donors (Lipinski definition) is 1. The fourth-order valence-electron chi connectivity index (χ4n) is 1.70. The third kappa shape index (κ3) is 1.89. The first-order valence-corrected chi connectivity index (χ1v) is 6.69. The lowest BCUT2D eigenvalue weighted by atomic mass is 10.3. The molecule has 0 aliphatic heterocycles. The standard InChI is InChI=1S/C12H10N4S2/c1-8-4-5-9(7-13-8)16-11(14-15-12(16)17)10-3-2-6-18-10/h2-7H,1H3,(H,15,17). The molecule has 0 aliphatic rings. The molecule has 90 valence electrons. The summed E-state index contributed by atoms with van der Waals surface area (Å²) in [5, 5.41) is 9.14. The zero-order valence-electron chi connectivity index (χ0n) is 9.62. The van der Waals surface area contributed by atoms with Gasteiger partial charge in [-0.15, -0.1) is 11.3 Å². The summed E-state index contributed by atoms with van der Waals surface area (Å²) in [4.78, 5) is 5.37. The van der Waals surface area contributed by atoms with E-state index in [2.05, 4.69) is 15.2 Å². The summed E-state index contributed by atoms with van der Waals surface area (Å²) in [5.74, 6) is 0.820. The van der Waals surface area contributed by atoms with Crippen LogP contribution in [0, 0.1) is 11.7 Å². The topological polar surface area (TPSA) is 46.5 Å². The Bertz CT molecular complexity index is 707. The lowest BCUT2D eigenvalue weighted by molar-refractivity contribution is 1.01. The average Bonchev–Trinajstić information content (AvgIpc) is 2.99. The second kappa shape index (κ2) is 4.47. The summed E-state index contributed by atoms with van der Waals surface area (Å²) < 4.78 is 2.47. The van der Waals surface area contributed by atoms with Crippen molar-refractivity contribution in [2.24, 2.45) is 0 Å². The van der Waals surface area contributed by atoms with Gasteiger partial charge in [0, 0.05) is 5.69 Å². The van der Waals surface area contributed by atoms with Crippen molar-refractivity contribution in [2.45, 2.75) is 6.92 Å². The lowest BCUT2D eigenvalue weighted by Gasteiger charge is -2.05. The Balaban J connectivity index is 2.20. The number of hydrogen-bond acceptors (Lipinski definition) is 4. The van der Waals surface area contributed by atoms with Crippen molar-refractivity contribution in [2.75, 3.05) is 0 Å². The number of aryl methyl sites for hydroxylation is 1. The second-order valence-electron chi connectivity index (χ2n) is 3.82. The van der Waals surface area contributed by atoms with Gasteiger partial charge in [-0.05, 0) is 42.7 Å². The Labute approximate surface area is 113 Å². The van der Waals surface area contributed by atoms with Crippen LogP contribution in [0.2, 0.25) is 0 Å². The Morgan fingerprint density at radius 2 is 2.22 bits per heavy atom. The molecule has 0 aromatic carbocycles. The number of rotatable bonds is 2. The van der Waals surface area contributed by atoms with Gasteiger partial charge < -0.3 is 0 Å².